The Labute approximate surface area is 70.1 Å². The van der Waals surface area contributed by atoms with E-state index in [1.807, 2.05) is 0 Å². The summed E-state index contributed by atoms with van der Waals surface area (Å²) < 4.78 is 5.80. The third kappa shape index (κ3) is 1.76. The lowest BCUT2D eigenvalue weighted by Crippen LogP contribution is -2.23. The summed E-state index contributed by atoms with van der Waals surface area (Å²) >= 11 is 0. The van der Waals surface area contributed by atoms with E-state index in [4.69, 9.17) is 4.74 Å². The van der Waals surface area contributed by atoms with Gasteiger partial charge in [-0.15, -0.1) is 0 Å². The van der Waals surface area contributed by atoms with E-state index in [-0.39, 0.29) is 5.60 Å². The van der Waals surface area contributed by atoms with E-state index >= 15 is 0 Å². The van der Waals surface area contributed by atoms with Crippen molar-refractivity contribution < 1.29 is 4.74 Å². The van der Waals surface area contributed by atoms with Gasteiger partial charge in [-0.25, -0.2) is 0 Å². The molecule has 2 unspecified atom stereocenters. The topological polar surface area (TPSA) is 9.23 Å². The molecule has 0 bridgehead atoms. The summed E-state index contributed by atoms with van der Waals surface area (Å²) in [6.07, 6.45) is 3.61. The van der Waals surface area contributed by atoms with Crippen molar-refractivity contribution >= 4 is 0 Å². The van der Waals surface area contributed by atoms with Crippen LogP contribution in [0.4, 0.5) is 0 Å². The molecule has 0 aromatic heterocycles. The van der Waals surface area contributed by atoms with Crippen LogP contribution in [0.3, 0.4) is 0 Å². The molecule has 66 valence electrons. The van der Waals surface area contributed by atoms with E-state index in [1.165, 1.54) is 12.8 Å². The van der Waals surface area contributed by atoms with Crippen molar-refractivity contribution in [3.05, 3.63) is 0 Å². The van der Waals surface area contributed by atoms with Gasteiger partial charge in [0.15, 0.2) is 0 Å². The molecule has 1 heteroatoms. The summed E-state index contributed by atoms with van der Waals surface area (Å²) in [6.45, 7) is 9.97. The van der Waals surface area contributed by atoms with Crippen molar-refractivity contribution in [3.8, 4) is 0 Å². The molecule has 1 fully saturated rings. The third-order valence-electron chi connectivity index (χ3n) is 3.17. The van der Waals surface area contributed by atoms with Crippen LogP contribution in [0, 0.1) is 5.41 Å². The van der Waals surface area contributed by atoms with Crippen molar-refractivity contribution in [3.63, 3.8) is 0 Å². The lowest BCUT2D eigenvalue weighted by atomic mass is 9.80. The average molecular weight is 156 g/mol. The van der Waals surface area contributed by atoms with E-state index in [2.05, 4.69) is 27.7 Å². The molecule has 0 aromatic rings. The van der Waals surface area contributed by atoms with Gasteiger partial charge in [0.05, 0.1) is 12.2 Å². The minimum Gasteiger partial charge on any atom is -0.375 e. The molecule has 1 rings (SSSR count). The van der Waals surface area contributed by atoms with E-state index in [9.17, 15) is 0 Å². The molecule has 0 aromatic carbocycles. The Balaban J connectivity index is 2.58. The fourth-order valence-corrected chi connectivity index (χ4v) is 1.81. The highest BCUT2D eigenvalue weighted by Crippen LogP contribution is 2.42. The molecule has 2 atom stereocenters. The van der Waals surface area contributed by atoms with Crippen LogP contribution < -0.4 is 0 Å². The van der Waals surface area contributed by atoms with Gasteiger partial charge in [0.2, 0.25) is 0 Å². The Morgan fingerprint density at radius 3 is 2.09 bits per heavy atom. The fraction of sp³-hybridized carbons (Fsp3) is 1.00. The van der Waals surface area contributed by atoms with Crippen molar-refractivity contribution in [2.75, 3.05) is 6.61 Å². The zero-order valence-corrected chi connectivity index (χ0v) is 8.24. The maximum atomic E-state index is 5.80. The first-order valence-electron chi connectivity index (χ1n) is 4.67. The quantitative estimate of drug-likeness (QED) is 0.597. The molecule has 1 saturated heterocycles. The molecule has 0 N–H and O–H groups in total. The highest BCUT2D eigenvalue weighted by atomic mass is 16.5. The Kier molecular flexibility index (Phi) is 2.29. The van der Waals surface area contributed by atoms with E-state index in [0.717, 1.165) is 13.0 Å². The van der Waals surface area contributed by atoms with Crippen LogP contribution in [0.25, 0.3) is 0 Å². The SMILES string of the molecule is CCC1(C)COC(C)(CC)C1. The predicted molar refractivity (Wildman–Crippen MR) is 47.7 cm³/mol. The lowest BCUT2D eigenvalue weighted by Gasteiger charge is -2.23. The zero-order valence-electron chi connectivity index (χ0n) is 8.24. The van der Waals surface area contributed by atoms with Crippen molar-refractivity contribution in [1.82, 2.24) is 0 Å². The Morgan fingerprint density at radius 1 is 1.18 bits per heavy atom. The van der Waals surface area contributed by atoms with Crippen molar-refractivity contribution in [2.24, 2.45) is 5.41 Å². The van der Waals surface area contributed by atoms with Crippen molar-refractivity contribution in [1.29, 1.82) is 0 Å². The molecule has 0 aliphatic carbocycles. The molecule has 0 saturated carbocycles. The first-order valence-corrected chi connectivity index (χ1v) is 4.67. The molecule has 0 radical (unpaired) electrons. The standard InChI is InChI=1S/C10H20O/c1-5-9(3)7-10(4,6-2)11-8-9/h5-8H2,1-4H3. The van der Waals surface area contributed by atoms with E-state index < -0.39 is 0 Å². The molecular formula is C10H20O. The van der Waals surface area contributed by atoms with Gasteiger partial charge in [0, 0.05) is 0 Å². The zero-order chi connectivity index (χ0) is 8.54. The predicted octanol–water partition coefficient (Wildman–Crippen LogP) is 2.99. The molecule has 1 aliphatic heterocycles. The minimum atomic E-state index is 0.171. The maximum absolute atomic E-state index is 5.80. The summed E-state index contributed by atoms with van der Waals surface area (Å²) in [5.41, 5.74) is 0.621. The molecule has 0 spiro atoms. The monoisotopic (exact) mass is 156 g/mol. The third-order valence-corrected chi connectivity index (χ3v) is 3.17. The summed E-state index contributed by atoms with van der Waals surface area (Å²) in [4.78, 5) is 0. The number of hydrogen-bond donors (Lipinski definition) is 0. The van der Waals surface area contributed by atoms with Gasteiger partial charge < -0.3 is 4.74 Å². The molecule has 0 amide bonds. The van der Waals surface area contributed by atoms with Gasteiger partial charge in [0.25, 0.3) is 0 Å². The summed E-state index contributed by atoms with van der Waals surface area (Å²) in [5, 5.41) is 0. The second kappa shape index (κ2) is 2.78. The Hall–Kier alpha value is -0.0400. The Morgan fingerprint density at radius 2 is 1.82 bits per heavy atom. The number of ether oxygens (including phenoxy) is 1. The summed E-state index contributed by atoms with van der Waals surface area (Å²) in [7, 11) is 0. The van der Waals surface area contributed by atoms with Crippen LogP contribution in [0.5, 0.6) is 0 Å². The van der Waals surface area contributed by atoms with Crippen LogP contribution in [-0.2, 0) is 4.74 Å². The maximum Gasteiger partial charge on any atom is 0.0658 e. The molecule has 1 aliphatic rings. The second-order valence-corrected chi connectivity index (χ2v) is 4.43. The minimum absolute atomic E-state index is 0.171. The highest BCUT2D eigenvalue weighted by molar-refractivity contribution is 4.90. The lowest BCUT2D eigenvalue weighted by molar-refractivity contribution is 0.0138. The normalized spacial score (nSPS) is 44.7. The highest BCUT2D eigenvalue weighted by Gasteiger charge is 2.41. The first kappa shape index (κ1) is 9.05. The van der Waals surface area contributed by atoms with E-state index in [1.54, 1.807) is 0 Å². The average Bonchev–Trinajstić information content (AvgIpc) is 2.30. The van der Waals surface area contributed by atoms with Crippen LogP contribution in [0.2, 0.25) is 0 Å². The fourth-order valence-electron chi connectivity index (χ4n) is 1.81. The van der Waals surface area contributed by atoms with Gasteiger partial charge >= 0.3 is 0 Å². The molecule has 1 heterocycles. The summed E-state index contributed by atoms with van der Waals surface area (Å²) in [6, 6.07) is 0. The molecular weight excluding hydrogens is 136 g/mol. The van der Waals surface area contributed by atoms with Gasteiger partial charge in [-0.2, -0.15) is 0 Å². The second-order valence-electron chi connectivity index (χ2n) is 4.43. The van der Waals surface area contributed by atoms with Crippen molar-refractivity contribution in [2.45, 2.75) is 52.6 Å². The van der Waals surface area contributed by atoms with Gasteiger partial charge in [-0.1, -0.05) is 20.8 Å². The van der Waals surface area contributed by atoms with E-state index in [0.29, 0.717) is 5.41 Å². The molecule has 1 nitrogen and oxygen atoms in total. The van der Waals surface area contributed by atoms with Gasteiger partial charge in [0.1, 0.15) is 0 Å². The number of hydrogen-bond acceptors (Lipinski definition) is 1. The summed E-state index contributed by atoms with van der Waals surface area (Å²) in [5.74, 6) is 0. The largest absolute Gasteiger partial charge is 0.375 e. The molecule has 11 heavy (non-hydrogen) atoms. The van der Waals surface area contributed by atoms with Gasteiger partial charge in [-0.05, 0) is 31.6 Å². The van der Waals surface area contributed by atoms with Crippen LogP contribution in [0.15, 0.2) is 0 Å². The smallest absolute Gasteiger partial charge is 0.0658 e. The van der Waals surface area contributed by atoms with Gasteiger partial charge in [-0.3, -0.25) is 0 Å². The number of rotatable bonds is 2. The Bertz CT molecular complexity index is 128. The van der Waals surface area contributed by atoms with Crippen LogP contribution in [-0.4, -0.2) is 12.2 Å². The van der Waals surface area contributed by atoms with Crippen LogP contribution >= 0.6 is 0 Å². The van der Waals surface area contributed by atoms with Crippen LogP contribution in [0.1, 0.15) is 47.0 Å². The first-order chi connectivity index (χ1) is 5.04.